The van der Waals surface area contributed by atoms with Crippen LogP contribution in [0.4, 0.5) is 11.9 Å². The Hall–Kier alpha value is -2.42. The van der Waals surface area contributed by atoms with Crippen LogP contribution in [0.15, 0.2) is 16.9 Å². The summed E-state index contributed by atoms with van der Waals surface area (Å²) in [6.07, 6.45) is 1.49. The van der Waals surface area contributed by atoms with E-state index in [4.69, 9.17) is 15.1 Å². The summed E-state index contributed by atoms with van der Waals surface area (Å²) >= 11 is 0. The molecule has 18 heavy (non-hydrogen) atoms. The summed E-state index contributed by atoms with van der Waals surface area (Å²) in [6, 6.07) is 1.93. The van der Waals surface area contributed by atoms with Crippen molar-refractivity contribution in [1.82, 2.24) is 20.1 Å². The Balaban J connectivity index is 2.08. The second-order valence-electron chi connectivity index (χ2n) is 3.19. The fraction of sp³-hybridized carbons (Fsp3) is 0.333. The standard InChI is InChI=1S/C9H13N7O2/c1-2-17-9-13-7(12-8(14-9)15-10)11-5-6-3-4-18-16-6/h3-4H,2,5,10H2,1H3,(H2,11,12,13,14,15). The molecule has 0 bridgehead atoms. The number of hydrazine groups is 1. The molecular weight excluding hydrogens is 238 g/mol. The minimum absolute atomic E-state index is 0.197. The van der Waals surface area contributed by atoms with Gasteiger partial charge in [-0.15, -0.1) is 0 Å². The monoisotopic (exact) mass is 251 g/mol. The summed E-state index contributed by atoms with van der Waals surface area (Å²) in [4.78, 5) is 12.0. The fourth-order valence-electron chi connectivity index (χ4n) is 1.19. The lowest BCUT2D eigenvalue weighted by molar-refractivity contribution is 0.312. The first-order valence-electron chi connectivity index (χ1n) is 5.30. The molecule has 9 nitrogen and oxygen atoms in total. The summed E-state index contributed by atoms with van der Waals surface area (Å²) in [5.74, 6) is 5.82. The molecule has 0 fully saturated rings. The Morgan fingerprint density at radius 3 is 2.83 bits per heavy atom. The number of nitrogens with two attached hydrogens (primary N) is 1. The summed E-state index contributed by atoms with van der Waals surface area (Å²) in [7, 11) is 0. The summed E-state index contributed by atoms with van der Waals surface area (Å²) in [6.45, 7) is 2.72. The largest absolute Gasteiger partial charge is 0.464 e. The van der Waals surface area contributed by atoms with E-state index >= 15 is 0 Å². The van der Waals surface area contributed by atoms with E-state index in [-0.39, 0.29) is 12.0 Å². The number of anilines is 2. The van der Waals surface area contributed by atoms with E-state index in [0.29, 0.717) is 19.1 Å². The first-order valence-corrected chi connectivity index (χ1v) is 5.30. The van der Waals surface area contributed by atoms with Crippen molar-refractivity contribution in [2.45, 2.75) is 13.5 Å². The zero-order chi connectivity index (χ0) is 12.8. The molecule has 0 saturated carbocycles. The molecule has 4 N–H and O–H groups in total. The van der Waals surface area contributed by atoms with Gasteiger partial charge in [-0.2, -0.15) is 15.0 Å². The van der Waals surface area contributed by atoms with Gasteiger partial charge in [0, 0.05) is 6.07 Å². The van der Waals surface area contributed by atoms with Crippen LogP contribution in [0.5, 0.6) is 6.01 Å². The van der Waals surface area contributed by atoms with Gasteiger partial charge in [0.1, 0.15) is 12.0 Å². The molecule has 0 atom stereocenters. The third-order valence-electron chi connectivity index (χ3n) is 1.94. The maximum Gasteiger partial charge on any atom is 0.323 e. The number of nitrogens with zero attached hydrogens (tertiary/aromatic N) is 4. The first-order chi connectivity index (χ1) is 8.81. The molecule has 0 aliphatic carbocycles. The minimum atomic E-state index is 0.197. The van der Waals surface area contributed by atoms with E-state index in [1.807, 2.05) is 6.92 Å². The maximum absolute atomic E-state index is 5.26. The average molecular weight is 251 g/mol. The van der Waals surface area contributed by atoms with Crippen LogP contribution in [0.1, 0.15) is 12.6 Å². The lowest BCUT2D eigenvalue weighted by Gasteiger charge is -2.07. The molecule has 2 heterocycles. The van der Waals surface area contributed by atoms with Gasteiger partial charge in [0.2, 0.25) is 11.9 Å². The van der Waals surface area contributed by atoms with Crippen molar-refractivity contribution in [2.75, 3.05) is 17.3 Å². The predicted octanol–water partition coefficient (Wildman–Crippen LogP) is 0.156. The second kappa shape index (κ2) is 5.77. The topological polar surface area (TPSA) is 124 Å². The Morgan fingerprint density at radius 1 is 1.33 bits per heavy atom. The molecule has 96 valence electrons. The van der Waals surface area contributed by atoms with E-state index in [9.17, 15) is 0 Å². The summed E-state index contributed by atoms with van der Waals surface area (Å²) in [5.41, 5.74) is 3.08. The number of nitrogens with one attached hydrogen (secondary N) is 2. The van der Waals surface area contributed by atoms with E-state index < -0.39 is 0 Å². The van der Waals surface area contributed by atoms with Crippen molar-refractivity contribution in [2.24, 2.45) is 5.84 Å². The van der Waals surface area contributed by atoms with E-state index in [1.54, 1.807) is 6.07 Å². The zero-order valence-corrected chi connectivity index (χ0v) is 9.75. The molecule has 0 aliphatic rings. The third kappa shape index (κ3) is 3.04. The van der Waals surface area contributed by atoms with Gasteiger partial charge in [0.15, 0.2) is 0 Å². The van der Waals surface area contributed by atoms with Crippen molar-refractivity contribution < 1.29 is 9.26 Å². The summed E-state index contributed by atoms with van der Waals surface area (Å²) < 4.78 is 9.90. The second-order valence-corrected chi connectivity index (χ2v) is 3.19. The normalized spacial score (nSPS) is 10.1. The summed E-state index contributed by atoms with van der Waals surface area (Å²) in [5, 5.41) is 6.71. The number of ether oxygens (including phenoxy) is 1. The molecule has 0 aromatic carbocycles. The molecule has 0 spiro atoms. The molecule has 0 radical (unpaired) electrons. The van der Waals surface area contributed by atoms with Crippen LogP contribution >= 0.6 is 0 Å². The van der Waals surface area contributed by atoms with Crippen molar-refractivity contribution in [3.05, 3.63) is 18.0 Å². The molecule has 2 aromatic rings. The van der Waals surface area contributed by atoms with E-state index in [0.717, 1.165) is 5.69 Å². The first kappa shape index (κ1) is 12.0. The van der Waals surface area contributed by atoms with Gasteiger partial charge < -0.3 is 14.6 Å². The molecule has 0 amide bonds. The van der Waals surface area contributed by atoms with E-state index in [2.05, 4.69) is 30.9 Å². The van der Waals surface area contributed by atoms with Crippen molar-refractivity contribution in [3.63, 3.8) is 0 Å². The maximum atomic E-state index is 5.26. The minimum Gasteiger partial charge on any atom is -0.464 e. The number of aromatic nitrogens is 4. The van der Waals surface area contributed by atoms with Crippen LogP contribution in [0.3, 0.4) is 0 Å². The molecule has 2 rings (SSSR count). The highest BCUT2D eigenvalue weighted by Crippen LogP contribution is 2.11. The average Bonchev–Trinajstić information content (AvgIpc) is 2.89. The molecular formula is C9H13N7O2. The number of nitrogen functional groups attached to an aromatic ring is 1. The van der Waals surface area contributed by atoms with Crippen LogP contribution < -0.4 is 21.3 Å². The number of hydrogen-bond acceptors (Lipinski definition) is 9. The smallest absolute Gasteiger partial charge is 0.323 e. The van der Waals surface area contributed by atoms with Crippen molar-refractivity contribution >= 4 is 11.9 Å². The quantitative estimate of drug-likeness (QED) is 0.486. The van der Waals surface area contributed by atoms with Crippen molar-refractivity contribution in [1.29, 1.82) is 0 Å². The highest BCUT2D eigenvalue weighted by molar-refractivity contribution is 5.35. The van der Waals surface area contributed by atoms with Gasteiger partial charge in [0.25, 0.3) is 0 Å². The Bertz CT molecular complexity index is 488. The highest BCUT2D eigenvalue weighted by Gasteiger charge is 2.06. The van der Waals surface area contributed by atoms with Gasteiger partial charge in [-0.3, -0.25) is 5.43 Å². The molecule has 0 saturated heterocycles. The van der Waals surface area contributed by atoms with Gasteiger partial charge >= 0.3 is 6.01 Å². The lowest BCUT2D eigenvalue weighted by atomic mass is 10.4. The van der Waals surface area contributed by atoms with Crippen molar-refractivity contribution in [3.8, 4) is 6.01 Å². The molecule has 0 aliphatic heterocycles. The van der Waals surface area contributed by atoms with Crippen LogP contribution in [-0.4, -0.2) is 26.7 Å². The predicted molar refractivity (Wildman–Crippen MR) is 62.6 cm³/mol. The zero-order valence-electron chi connectivity index (χ0n) is 9.75. The number of hydrogen-bond donors (Lipinski definition) is 3. The number of rotatable bonds is 6. The van der Waals surface area contributed by atoms with Gasteiger partial charge in [-0.05, 0) is 6.92 Å². The highest BCUT2D eigenvalue weighted by atomic mass is 16.5. The van der Waals surface area contributed by atoms with Gasteiger partial charge in [-0.25, -0.2) is 5.84 Å². The third-order valence-corrected chi connectivity index (χ3v) is 1.94. The van der Waals surface area contributed by atoms with Gasteiger partial charge in [0.05, 0.1) is 13.2 Å². The van der Waals surface area contributed by atoms with E-state index in [1.165, 1.54) is 6.26 Å². The van der Waals surface area contributed by atoms with Crippen LogP contribution in [-0.2, 0) is 6.54 Å². The van der Waals surface area contributed by atoms with Crippen LogP contribution in [0.25, 0.3) is 0 Å². The van der Waals surface area contributed by atoms with Crippen LogP contribution in [0.2, 0.25) is 0 Å². The van der Waals surface area contributed by atoms with Gasteiger partial charge in [-0.1, -0.05) is 5.16 Å². The molecule has 9 heteroatoms. The Kier molecular flexibility index (Phi) is 3.86. The molecule has 0 unspecified atom stereocenters. The lowest BCUT2D eigenvalue weighted by Crippen LogP contribution is -2.14. The Labute approximate surface area is 103 Å². The van der Waals surface area contributed by atoms with Crippen LogP contribution in [0, 0.1) is 0 Å². The molecule has 2 aromatic heterocycles. The fourth-order valence-corrected chi connectivity index (χ4v) is 1.19. The Morgan fingerprint density at radius 2 is 2.17 bits per heavy atom. The SMILES string of the molecule is CCOc1nc(NN)nc(NCc2ccon2)n1.